The van der Waals surface area contributed by atoms with Crippen molar-refractivity contribution in [3.05, 3.63) is 46.8 Å². The van der Waals surface area contributed by atoms with Gasteiger partial charge in [0.15, 0.2) is 0 Å². The maximum Gasteiger partial charge on any atom is 0.252 e. The van der Waals surface area contributed by atoms with Gasteiger partial charge < -0.3 is 9.80 Å². The SMILES string of the molecule is CCN1CCN(c2nc(-c3ccccc3)cc(=O)[nH]2)CC1. The van der Waals surface area contributed by atoms with Crippen molar-refractivity contribution in [2.24, 2.45) is 0 Å². The number of aromatic nitrogens is 2. The molecule has 0 amide bonds. The van der Waals surface area contributed by atoms with Crippen LogP contribution in [0.1, 0.15) is 6.92 Å². The summed E-state index contributed by atoms with van der Waals surface area (Å²) in [6.45, 7) is 7.06. The van der Waals surface area contributed by atoms with Crippen molar-refractivity contribution in [2.75, 3.05) is 37.6 Å². The molecule has 1 aliphatic heterocycles. The third-order valence-electron chi connectivity index (χ3n) is 3.92. The molecule has 1 fully saturated rings. The fraction of sp³-hybridized carbons (Fsp3) is 0.375. The van der Waals surface area contributed by atoms with Crippen LogP contribution in [0, 0.1) is 0 Å². The first-order chi connectivity index (χ1) is 10.3. The van der Waals surface area contributed by atoms with Crippen LogP contribution in [0.25, 0.3) is 11.3 Å². The molecule has 0 bridgehead atoms. The van der Waals surface area contributed by atoms with Crippen molar-refractivity contribution < 1.29 is 0 Å². The average molecular weight is 284 g/mol. The largest absolute Gasteiger partial charge is 0.340 e. The standard InChI is InChI=1S/C16H20N4O/c1-2-19-8-10-20(11-9-19)16-17-14(12-15(21)18-16)13-6-4-3-5-7-13/h3-7,12H,2,8-11H2,1H3,(H,17,18,21). The van der Waals surface area contributed by atoms with Gasteiger partial charge in [-0.1, -0.05) is 37.3 Å². The van der Waals surface area contributed by atoms with Crippen LogP contribution in [0.15, 0.2) is 41.2 Å². The number of likely N-dealkylation sites (N-methyl/N-ethyl adjacent to an activating group) is 1. The number of nitrogens with one attached hydrogen (secondary N) is 1. The summed E-state index contributed by atoms with van der Waals surface area (Å²) in [4.78, 5) is 24.0. The van der Waals surface area contributed by atoms with Crippen LogP contribution < -0.4 is 10.5 Å². The summed E-state index contributed by atoms with van der Waals surface area (Å²) in [6, 6.07) is 11.4. The molecule has 2 aromatic rings. The maximum atomic E-state index is 11.9. The predicted octanol–water partition coefficient (Wildman–Crippen LogP) is 1.58. The second-order valence-corrected chi connectivity index (χ2v) is 5.24. The number of nitrogens with zero attached hydrogens (tertiary/aromatic N) is 3. The first kappa shape index (κ1) is 13.8. The molecule has 0 aliphatic carbocycles. The number of aromatic amines is 1. The summed E-state index contributed by atoms with van der Waals surface area (Å²) >= 11 is 0. The lowest BCUT2D eigenvalue weighted by atomic mass is 10.1. The minimum Gasteiger partial charge on any atom is -0.340 e. The van der Waals surface area contributed by atoms with Crippen molar-refractivity contribution in [1.29, 1.82) is 0 Å². The number of anilines is 1. The van der Waals surface area contributed by atoms with Crippen molar-refractivity contribution >= 4 is 5.95 Å². The van der Waals surface area contributed by atoms with E-state index < -0.39 is 0 Å². The average Bonchev–Trinajstić information content (AvgIpc) is 2.55. The van der Waals surface area contributed by atoms with Crippen molar-refractivity contribution in [3.8, 4) is 11.3 Å². The quantitative estimate of drug-likeness (QED) is 0.930. The van der Waals surface area contributed by atoms with Gasteiger partial charge in [-0.2, -0.15) is 0 Å². The molecule has 0 unspecified atom stereocenters. The molecule has 0 spiro atoms. The van der Waals surface area contributed by atoms with Crippen LogP contribution in [-0.4, -0.2) is 47.6 Å². The van der Waals surface area contributed by atoms with E-state index in [-0.39, 0.29) is 5.56 Å². The predicted molar refractivity (Wildman–Crippen MR) is 84.6 cm³/mol. The monoisotopic (exact) mass is 284 g/mol. The summed E-state index contributed by atoms with van der Waals surface area (Å²) in [5.74, 6) is 0.678. The Morgan fingerprint density at radius 2 is 1.86 bits per heavy atom. The molecule has 110 valence electrons. The summed E-state index contributed by atoms with van der Waals surface area (Å²) < 4.78 is 0. The van der Waals surface area contributed by atoms with E-state index in [1.165, 1.54) is 0 Å². The van der Waals surface area contributed by atoms with Crippen LogP contribution >= 0.6 is 0 Å². The molecule has 1 aromatic heterocycles. The molecule has 1 aromatic carbocycles. The lowest BCUT2D eigenvalue weighted by Crippen LogP contribution is -2.47. The Kier molecular flexibility index (Phi) is 4.01. The van der Waals surface area contributed by atoms with Crippen LogP contribution in [0.5, 0.6) is 0 Å². The van der Waals surface area contributed by atoms with E-state index in [1.807, 2.05) is 30.3 Å². The number of hydrogen-bond donors (Lipinski definition) is 1. The van der Waals surface area contributed by atoms with Gasteiger partial charge in [-0.25, -0.2) is 4.98 Å². The van der Waals surface area contributed by atoms with Gasteiger partial charge in [-0.3, -0.25) is 9.78 Å². The lowest BCUT2D eigenvalue weighted by Gasteiger charge is -2.34. The number of hydrogen-bond acceptors (Lipinski definition) is 4. The Balaban J connectivity index is 1.87. The summed E-state index contributed by atoms with van der Waals surface area (Å²) in [6.07, 6.45) is 0. The molecule has 21 heavy (non-hydrogen) atoms. The summed E-state index contributed by atoms with van der Waals surface area (Å²) in [7, 11) is 0. The topological polar surface area (TPSA) is 52.2 Å². The van der Waals surface area contributed by atoms with Gasteiger partial charge in [0, 0.05) is 37.8 Å². The number of rotatable bonds is 3. The molecule has 1 aliphatic rings. The normalized spacial score (nSPS) is 16.1. The van der Waals surface area contributed by atoms with Crippen molar-refractivity contribution in [2.45, 2.75) is 6.92 Å². The van der Waals surface area contributed by atoms with Crippen LogP contribution in [0.4, 0.5) is 5.95 Å². The molecule has 3 rings (SSSR count). The molecule has 1 saturated heterocycles. The van der Waals surface area contributed by atoms with Crippen LogP contribution in [0.2, 0.25) is 0 Å². The number of benzene rings is 1. The highest BCUT2D eigenvalue weighted by molar-refractivity contribution is 5.59. The smallest absolute Gasteiger partial charge is 0.252 e. The van der Waals surface area contributed by atoms with E-state index >= 15 is 0 Å². The molecular weight excluding hydrogens is 264 g/mol. The van der Waals surface area contributed by atoms with E-state index in [4.69, 9.17) is 0 Å². The van der Waals surface area contributed by atoms with E-state index in [0.29, 0.717) is 5.95 Å². The Bertz CT molecular complexity index is 645. The zero-order valence-corrected chi connectivity index (χ0v) is 12.2. The molecule has 2 heterocycles. The lowest BCUT2D eigenvalue weighted by molar-refractivity contribution is 0.270. The molecule has 1 N–H and O–H groups in total. The van der Waals surface area contributed by atoms with E-state index in [2.05, 4.69) is 26.7 Å². The highest BCUT2D eigenvalue weighted by Crippen LogP contribution is 2.17. The number of piperazine rings is 1. The molecule has 5 heteroatoms. The van der Waals surface area contributed by atoms with Gasteiger partial charge in [-0.15, -0.1) is 0 Å². The summed E-state index contributed by atoms with van der Waals surface area (Å²) in [5.41, 5.74) is 1.60. The number of H-pyrrole nitrogens is 1. The van der Waals surface area contributed by atoms with Crippen molar-refractivity contribution in [3.63, 3.8) is 0 Å². The van der Waals surface area contributed by atoms with Gasteiger partial charge >= 0.3 is 0 Å². The Labute approximate surface area is 124 Å². The third kappa shape index (κ3) is 3.13. The maximum absolute atomic E-state index is 11.9. The highest BCUT2D eigenvalue weighted by atomic mass is 16.1. The summed E-state index contributed by atoms with van der Waals surface area (Å²) in [5, 5.41) is 0. The Morgan fingerprint density at radius 1 is 1.14 bits per heavy atom. The fourth-order valence-electron chi connectivity index (χ4n) is 2.63. The first-order valence-electron chi connectivity index (χ1n) is 7.40. The van der Waals surface area contributed by atoms with Gasteiger partial charge in [-0.05, 0) is 6.54 Å². The second-order valence-electron chi connectivity index (χ2n) is 5.24. The van der Waals surface area contributed by atoms with Gasteiger partial charge in [0.25, 0.3) is 5.56 Å². The molecule has 5 nitrogen and oxygen atoms in total. The van der Waals surface area contributed by atoms with E-state index in [0.717, 1.165) is 44.0 Å². The second kappa shape index (κ2) is 6.10. The minimum absolute atomic E-state index is 0.100. The molecule has 0 atom stereocenters. The Morgan fingerprint density at radius 3 is 2.52 bits per heavy atom. The van der Waals surface area contributed by atoms with E-state index in [1.54, 1.807) is 6.07 Å². The Hall–Kier alpha value is -2.14. The van der Waals surface area contributed by atoms with Gasteiger partial charge in [0.1, 0.15) is 0 Å². The molecule has 0 saturated carbocycles. The first-order valence-corrected chi connectivity index (χ1v) is 7.40. The van der Waals surface area contributed by atoms with Crippen LogP contribution in [0.3, 0.4) is 0 Å². The van der Waals surface area contributed by atoms with E-state index in [9.17, 15) is 4.79 Å². The molecule has 0 radical (unpaired) electrons. The van der Waals surface area contributed by atoms with Gasteiger partial charge in [0.05, 0.1) is 5.69 Å². The van der Waals surface area contributed by atoms with Crippen LogP contribution in [-0.2, 0) is 0 Å². The minimum atomic E-state index is -0.100. The third-order valence-corrected chi connectivity index (χ3v) is 3.92. The highest BCUT2D eigenvalue weighted by Gasteiger charge is 2.18. The zero-order chi connectivity index (χ0) is 14.7. The fourth-order valence-corrected chi connectivity index (χ4v) is 2.63. The van der Waals surface area contributed by atoms with Crippen molar-refractivity contribution in [1.82, 2.24) is 14.9 Å². The zero-order valence-electron chi connectivity index (χ0n) is 12.2. The van der Waals surface area contributed by atoms with Gasteiger partial charge in [0.2, 0.25) is 5.95 Å². The molecular formula is C16H20N4O.